The molecule has 0 aromatic carbocycles. The first-order valence-corrected chi connectivity index (χ1v) is 7.39. The maximum atomic E-state index is 11.9. The molecule has 1 aliphatic rings. The fraction of sp³-hybridized carbons (Fsp3) is 0.933. The van der Waals surface area contributed by atoms with Gasteiger partial charge in [-0.3, -0.25) is 4.79 Å². The van der Waals surface area contributed by atoms with Crippen molar-refractivity contribution in [2.24, 2.45) is 23.0 Å². The molecule has 0 unspecified atom stereocenters. The minimum Gasteiger partial charge on any atom is -0.354 e. The van der Waals surface area contributed by atoms with Crippen molar-refractivity contribution in [1.29, 1.82) is 0 Å². The SMILES string of the molecule is CC(C)CC1(CNC(=O)[C@@H](N)C(C)C)CCCC1.Cl. The number of hydrogen-bond donors (Lipinski definition) is 2. The molecule has 1 amide bonds. The zero-order valence-electron chi connectivity index (χ0n) is 12.9. The van der Waals surface area contributed by atoms with Gasteiger partial charge in [-0.2, -0.15) is 0 Å². The highest BCUT2D eigenvalue weighted by Crippen LogP contribution is 2.42. The Morgan fingerprint density at radius 2 is 1.74 bits per heavy atom. The summed E-state index contributed by atoms with van der Waals surface area (Å²) in [5.74, 6) is 0.911. The number of nitrogens with two attached hydrogens (primary N) is 1. The lowest BCUT2D eigenvalue weighted by molar-refractivity contribution is -0.123. The molecule has 0 radical (unpaired) electrons. The molecule has 114 valence electrons. The molecule has 19 heavy (non-hydrogen) atoms. The van der Waals surface area contributed by atoms with Gasteiger partial charge in [0, 0.05) is 6.54 Å². The Kier molecular flexibility index (Phi) is 7.99. The lowest BCUT2D eigenvalue weighted by Crippen LogP contribution is -2.47. The van der Waals surface area contributed by atoms with Crippen molar-refractivity contribution in [2.45, 2.75) is 65.8 Å². The Labute approximate surface area is 124 Å². The summed E-state index contributed by atoms with van der Waals surface area (Å²) in [4.78, 5) is 11.9. The Morgan fingerprint density at radius 1 is 1.21 bits per heavy atom. The minimum atomic E-state index is -0.373. The molecule has 0 aromatic rings. The van der Waals surface area contributed by atoms with Crippen molar-refractivity contribution in [2.75, 3.05) is 6.54 Å². The normalized spacial score (nSPS) is 19.3. The van der Waals surface area contributed by atoms with Crippen LogP contribution in [-0.4, -0.2) is 18.5 Å². The first-order valence-electron chi connectivity index (χ1n) is 7.39. The lowest BCUT2D eigenvalue weighted by atomic mass is 9.78. The molecular formula is C15H31ClN2O. The molecule has 1 atom stereocenters. The number of amides is 1. The molecule has 4 heteroatoms. The fourth-order valence-electron chi connectivity index (χ4n) is 3.14. The summed E-state index contributed by atoms with van der Waals surface area (Å²) >= 11 is 0. The third-order valence-corrected chi connectivity index (χ3v) is 4.16. The largest absolute Gasteiger partial charge is 0.354 e. The summed E-state index contributed by atoms with van der Waals surface area (Å²) in [5, 5.41) is 3.09. The van der Waals surface area contributed by atoms with Crippen LogP contribution in [0.4, 0.5) is 0 Å². The maximum Gasteiger partial charge on any atom is 0.237 e. The van der Waals surface area contributed by atoms with Crippen molar-refractivity contribution in [1.82, 2.24) is 5.32 Å². The van der Waals surface area contributed by atoms with Gasteiger partial charge in [-0.1, -0.05) is 40.5 Å². The van der Waals surface area contributed by atoms with E-state index >= 15 is 0 Å². The molecule has 0 bridgehead atoms. The number of nitrogens with one attached hydrogen (secondary N) is 1. The van der Waals surface area contributed by atoms with E-state index in [1.807, 2.05) is 13.8 Å². The smallest absolute Gasteiger partial charge is 0.237 e. The van der Waals surface area contributed by atoms with Crippen LogP contribution in [0.3, 0.4) is 0 Å². The molecule has 3 nitrogen and oxygen atoms in total. The Hall–Kier alpha value is -0.280. The molecule has 1 rings (SSSR count). The summed E-state index contributed by atoms with van der Waals surface area (Å²) < 4.78 is 0. The van der Waals surface area contributed by atoms with Crippen LogP contribution >= 0.6 is 12.4 Å². The Balaban J connectivity index is 0.00000324. The summed E-state index contributed by atoms with van der Waals surface area (Å²) in [6.45, 7) is 9.32. The molecule has 1 saturated carbocycles. The van der Waals surface area contributed by atoms with Crippen LogP contribution in [-0.2, 0) is 4.79 Å². The number of halogens is 1. The van der Waals surface area contributed by atoms with Crippen LogP contribution in [0.25, 0.3) is 0 Å². The standard InChI is InChI=1S/C15H30N2O.ClH/c1-11(2)9-15(7-5-6-8-15)10-17-14(18)13(16)12(3)4;/h11-13H,5-10,16H2,1-4H3,(H,17,18);1H/t13-;/m0./s1. The van der Waals surface area contributed by atoms with E-state index in [1.165, 1.54) is 32.1 Å². The first-order chi connectivity index (χ1) is 8.36. The van der Waals surface area contributed by atoms with Gasteiger partial charge in [0.15, 0.2) is 0 Å². The maximum absolute atomic E-state index is 11.9. The predicted molar refractivity (Wildman–Crippen MR) is 83.4 cm³/mol. The molecule has 1 fully saturated rings. The van der Waals surface area contributed by atoms with Gasteiger partial charge in [0.2, 0.25) is 5.91 Å². The average Bonchev–Trinajstić information content (AvgIpc) is 2.72. The Bertz CT molecular complexity index is 273. The van der Waals surface area contributed by atoms with Gasteiger partial charge in [0.25, 0.3) is 0 Å². The highest BCUT2D eigenvalue weighted by atomic mass is 35.5. The summed E-state index contributed by atoms with van der Waals surface area (Å²) in [7, 11) is 0. The number of carbonyl (C=O) groups excluding carboxylic acids is 1. The van der Waals surface area contributed by atoms with Crippen LogP contribution in [0.1, 0.15) is 59.8 Å². The quantitative estimate of drug-likeness (QED) is 0.790. The third-order valence-electron chi connectivity index (χ3n) is 4.16. The topological polar surface area (TPSA) is 55.1 Å². The van der Waals surface area contributed by atoms with E-state index in [9.17, 15) is 4.79 Å². The number of carbonyl (C=O) groups is 1. The zero-order valence-corrected chi connectivity index (χ0v) is 13.7. The van der Waals surface area contributed by atoms with Gasteiger partial charge in [-0.05, 0) is 36.5 Å². The van der Waals surface area contributed by atoms with E-state index in [1.54, 1.807) is 0 Å². The van der Waals surface area contributed by atoms with Crippen LogP contribution in [0.5, 0.6) is 0 Å². The summed E-state index contributed by atoms with van der Waals surface area (Å²) in [6.07, 6.45) is 6.33. The van der Waals surface area contributed by atoms with Gasteiger partial charge in [0.1, 0.15) is 0 Å². The molecule has 1 aliphatic carbocycles. The van der Waals surface area contributed by atoms with E-state index in [2.05, 4.69) is 19.2 Å². The highest BCUT2D eigenvalue weighted by Gasteiger charge is 2.35. The van der Waals surface area contributed by atoms with E-state index < -0.39 is 0 Å². The van der Waals surface area contributed by atoms with Gasteiger partial charge in [-0.25, -0.2) is 0 Å². The second-order valence-electron chi connectivity index (χ2n) is 6.79. The van der Waals surface area contributed by atoms with Crippen molar-refractivity contribution in [3.63, 3.8) is 0 Å². The van der Waals surface area contributed by atoms with E-state index in [4.69, 9.17) is 5.73 Å². The summed E-state index contributed by atoms with van der Waals surface area (Å²) in [6, 6.07) is -0.373. The monoisotopic (exact) mass is 290 g/mol. The molecule has 3 N–H and O–H groups in total. The predicted octanol–water partition coefficient (Wildman–Crippen LogP) is 3.11. The van der Waals surface area contributed by atoms with Gasteiger partial charge in [-0.15, -0.1) is 12.4 Å². The van der Waals surface area contributed by atoms with E-state index in [-0.39, 0.29) is 30.3 Å². The van der Waals surface area contributed by atoms with E-state index in [0.717, 1.165) is 6.54 Å². The molecule has 0 heterocycles. The van der Waals surface area contributed by atoms with Crippen LogP contribution in [0.2, 0.25) is 0 Å². The molecule has 0 spiro atoms. The summed E-state index contributed by atoms with van der Waals surface area (Å²) in [5.41, 5.74) is 6.21. The van der Waals surface area contributed by atoms with Crippen molar-refractivity contribution in [3.8, 4) is 0 Å². The molecule has 0 aliphatic heterocycles. The van der Waals surface area contributed by atoms with Crippen LogP contribution < -0.4 is 11.1 Å². The van der Waals surface area contributed by atoms with Gasteiger partial charge < -0.3 is 11.1 Å². The second-order valence-corrected chi connectivity index (χ2v) is 6.79. The van der Waals surface area contributed by atoms with Crippen LogP contribution in [0, 0.1) is 17.3 Å². The van der Waals surface area contributed by atoms with E-state index in [0.29, 0.717) is 11.3 Å². The Morgan fingerprint density at radius 3 is 2.16 bits per heavy atom. The average molecular weight is 291 g/mol. The molecule has 0 aromatic heterocycles. The minimum absolute atomic E-state index is 0. The molecular weight excluding hydrogens is 260 g/mol. The lowest BCUT2D eigenvalue weighted by Gasteiger charge is -2.32. The first kappa shape index (κ1) is 18.7. The van der Waals surface area contributed by atoms with Crippen molar-refractivity contribution < 1.29 is 4.79 Å². The fourth-order valence-corrected chi connectivity index (χ4v) is 3.14. The second kappa shape index (κ2) is 8.11. The van der Waals surface area contributed by atoms with Gasteiger partial charge in [0.05, 0.1) is 6.04 Å². The van der Waals surface area contributed by atoms with Gasteiger partial charge >= 0.3 is 0 Å². The van der Waals surface area contributed by atoms with Crippen LogP contribution in [0.15, 0.2) is 0 Å². The highest BCUT2D eigenvalue weighted by molar-refractivity contribution is 5.85. The molecule has 0 saturated heterocycles. The zero-order chi connectivity index (χ0) is 13.8. The number of hydrogen-bond acceptors (Lipinski definition) is 2. The third kappa shape index (κ3) is 5.70. The number of rotatable bonds is 6. The van der Waals surface area contributed by atoms with Crippen molar-refractivity contribution >= 4 is 18.3 Å². The van der Waals surface area contributed by atoms with Crippen molar-refractivity contribution in [3.05, 3.63) is 0 Å².